The highest BCUT2D eigenvalue weighted by atomic mass is 32.2. The summed E-state index contributed by atoms with van der Waals surface area (Å²) in [5, 5.41) is 11.5. The Kier molecular flexibility index (Phi) is 5.72. The number of aromatic hydroxyl groups is 1. The van der Waals surface area contributed by atoms with E-state index >= 15 is 0 Å². The van der Waals surface area contributed by atoms with Gasteiger partial charge in [-0.05, 0) is 31.4 Å². The van der Waals surface area contributed by atoms with Crippen molar-refractivity contribution in [1.82, 2.24) is 0 Å². The number of carbonyl (C=O) groups is 2. The first-order valence-electron chi connectivity index (χ1n) is 11.3. The second-order valence-electron chi connectivity index (χ2n) is 8.69. The number of nitrogens with zero attached hydrogens (tertiary/aromatic N) is 1. The monoisotopic (exact) mass is 492 g/mol. The highest BCUT2D eigenvalue weighted by Gasteiger charge is 2.40. The Hall–Kier alpha value is -3.85. The zero-order valence-electron chi connectivity index (χ0n) is 19.1. The smallest absolute Gasteiger partial charge is 0.229 e. The number of sulfonamides is 1. The van der Waals surface area contributed by atoms with Crippen LogP contribution in [0.4, 0.5) is 11.4 Å². The Morgan fingerprint density at radius 1 is 0.857 bits per heavy atom. The van der Waals surface area contributed by atoms with Crippen molar-refractivity contribution in [3.05, 3.63) is 76.9 Å². The molecule has 3 aromatic rings. The van der Waals surface area contributed by atoms with Gasteiger partial charge in [0.05, 0.1) is 17.4 Å². The third-order valence-electron chi connectivity index (χ3n) is 6.20. The minimum absolute atomic E-state index is 0.0136. The van der Waals surface area contributed by atoms with Gasteiger partial charge < -0.3 is 14.7 Å². The number of benzene rings is 3. The maximum absolute atomic E-state index is 13.6. The van der Waals surface area contributed by atoms with Gasteiger partial charge in [0.1, 0.15) is 17.1 Å². The van der Waals surface area contributed by atoms with Crippen LogP contribution in [0.15, 0.2) is 54.6 Å². The summed E-state index contributed by atoms with van der Waals surface area (Å²) in [6, 6.07) is 15.0. The van der Waals surface area contributed by atoms with Crippen LogP contribution in [0.2, 0.25) is 0 Å². The fourth-order valence-corrected chi connectivity index (χ4v) is 5.26. The highest BCUT2D eigenvalue weighted by molar-refractivity contribution is 7.92. The molecule has 0 unspecified atom stereocenters. The first kappa shape index (κ1) is 22.9. The lowest BCUT2D eigenvalue weighted by atomic mass is 9.82. The van der Waals surface area contributed by atoms with Crippen LogP contribution in [-0.2, 0) is 10.0 Å². The molecule has 1 aliphatic heterocycles. The first-order valence-corrected chi connectivity index (χ1v) is 13.2. The van der Waals surface area contributed by atoms with Crippen LogP contribution < -0.4 is 14.4 Å². The second-order valence-corrected chi connectivity index (χ2v) is 10.4. The van der Waals surface area contributed by atoms with Gasteiger partial charge in [-0.2, -0.15) is 0 Å². The van der Waals surface area contributed by atoms with Crippen molar-refractivity contribution in [1.29, 1.82) is 0 Å². The van der Waals surface area contributed by atoms with Gasteiger partial charge in [-0.3, -0.25) is 14.3 Å². The van der Waals surface area contributed by atoms with Crippen LogP contribution in [0, 0.1) is 0 Å². The molecule has 35 heavy (non-hydrogen) atoms. The number of hydrogen-bond donors (Lipinski definition) is 2. The van der Waals surface area contributed by atoms with E-state index in [0.717, 1.165) is 25.5 Å². The number of phenols is 1. The van der Waals surface area contributed by atoms with Gasteiger partial charge in [0.15, 0.2) is 23.1 Å². The Morgan fingerprint density at radius 2 is 1.43 bits per heavy atom. The number of piperidine rings is 1. The molecule has 5 rings (SSSR count). The van der Waals surface area contributed by atoms with E-state index in [1.165, 1.54) is 12.1 Å². The predicted octanol–water partition coefficient (Wildman–Crippen LogP) is 4.32. The molecular weight excluding hydrogens is 468 g/mol. The largest absolute Gasteiger partial charge is 0.505 e. The van der Waals surface area contributed by atoms with Crippen LogP contribution in [0.3, 0.4) is 0 Å². The van der Waals surface area contributed by atoms with Crippen LogP contribution in [0.5, 0.6) is 17.2 Å². The third kappa shape index (κ3) is 4.12. The summed E-state index contributed by atoms with van der Waals surface area (Å²) < 4.78 is 33.5. The van der Waals surface area contributed by atoms with Gasteiger partial charge >= 0.3 is 0 Å². The van der Waals surface area contributed by atoms with Crippen molar-refractivity contribution in [2.75, 3.05) is 29.0 Å². The van der Waals surface area contributed by atoms with E-state index in [9.17, 15) is 23.1 Å². The SMILES string of the molecule is CS(=O)(=O)Nc1c(Oc2ccccc2)c(N2CCCCC2)c(O)c2c1C(=O)c1ccccc1C2=O. The minimum atomic E-state index is -3.90. The molecule has 0 radical (unpaired) electrons. The second kappa shape index (κ2) is 8.74. The molecule has 1 heterocycles. The number of ether oxygens (including phenoxy) is 1. The lowest BCUT2D eigenvalue weighted by Crippen LogP contribution is -2.32. The summed E-state index contributed by atoms with van der Waals surface area (Å²) >= 11 is 0. The Morgan fingerprint density at radius 3 is 2.03 bits per heavy atom. The molecule has 1 saturated heterocycles. The van der Waals surface area contributed by atoms with Crippen LogP contribution in [0.1, 0.15) is 51.1 Å². The molecule has 0 spiro atoms. The number of carbonyl (C=O) groups excluding carboxylic acids is 2. The molecular formula is C26H24N2O6S. The quantitative estimate of drug-likeness (QED) is 0.399. The summed E-state index contributed by atoms with van der Waals surface area (Å²) in [5.41, 5.74) is -0.107. The van der Waals surface area contributed by atoms with Gasteiger partial charge in [-0.15, -0.1) is 0 Å². The normalized spacial score (nSPS) is 15.4. The molecule has 0 atom stereocenters. The molecule has 0 bridgehead atoms. The summed E-state index contributed by atoms with van der Waals surface area (Å²) in [4.78, 5) is 29.1. The van der Waals surface area contributed by atoms with Crippen molar-refractivity contribution in [3.63, 3.8) is 0 Å². The zero-order valence-corrected chi connectivity index (χ0v) is 19.9. The van der Waals surface area contributed by atoms with Gasteiger partial charge in [0, 0.05) is 24.2 Å². The standard InChI is InChI=1S/C26H24N2O6S/c1-35(32,33)27-21-19-20(24(30)18-13-7-6-12-17(18)23(19)29)25(31)22(28-14-8-3-9-15-28)26(21)34-16-10-4-2-5-11-16/h2,4-7,10-13,27,31H,3,8-9,14-15H2,1H3. The van der Waals surface area contributed by atoms with Gasteiger partial charge in [-0.25, -0.2) is 8.42 Å². The minimum Gasteiger partial charge on any atom is -0.505 e. The van der Waals surface area contributed by atoms with Crippen LogP contribution >= 0.6 is 0 Å². The lowest BCUT2D eigenvalue weighted by Gasteiger charge is -2.34. The number of rotatable bonds is 5. The molecule has 2 N–H and O–H groups in total. The molecule has 2 aliphatic rings. The van der Waals surface area contributed by atoms with E-state index in [0.29, 0.717) is 18.8 Å². The van der Waals surface area contributed by atoms with Gasteiger partial charge in [-0.1, -0.05) is 42.5 Å². The molecule has 1 fully saturated rings. The number of nitrogens with one attached hydrogen (secondary N) is 1. The average molecular weight is 493 g/mol. The van der Waals surface area contributed by atoms with E-state index in [2.05, 4.69) is 4.72 Å². The van der Waals surface area contributed by atoms with E-state index < -0.39 is 21.6 Å². The van der Waals surface area contributed by atoms with E-state index in [-0.39, 0.29) is 45.1 Å². The Balaban J connectivity index is 1.86. The molecule has 0 aromatic heterocycles. The average Bonchev–Trinajstić information content (AvgIpc) is 2.84. The number of para-hydroxylation sites is 1. The summed E-state index contributed by atoms with van der Waals surface area (Å²) in [5.74, 6) is -1.13. The number of anilines is 2. The molecule has 8 nitrogen and oxygen atoms in total. The number of phenolic OH excluding ortho intramolecular Hbond substituents is 1. The molecule has 1 aliphatic carbocycles. The topological polar surface area (TPSA) is 113 Å². The molecule has 9 heteroatoms. The highest BCUT2D eigenvalue weighted by Crippen LogP contribution is 2.52. The molecule has 0 saturated carbocycles. The van der Waals surface area contributed by atoms with Crippen molar-refractivity contribution < 1.29 is 27.9 Å². The van der Waals surface area contributed by atoms with Crippen molar-refractivity contribution in [2.24, 2.45) is 0 Å². The Labute approximate surface area is 203 Å². The number of ketones is 2. The maximum Gasteiger partial charge on any atom is 0.229 e. The van der Waals surface area contributed by atoms with Crippen molar-refractivity contribution in [3.8, 4) is 17.2 Å². The fraction of sp³-hybridized carbons (Fsp3) is 0.231. The van der Waals surface area contributed by atoms with Crippen molar-refractivity contribution in [2.45, 2.75) is 19.3 Å². The van der Waals surface area contributed by atoms with E-state index in [1.807, 2.05) is 4.90 Å². The third-order valence-corrected chi connectivity index (χ3v) is 6.77. The van der Waals surface area contributed by atoms with Gasteiger partial charge in [0.2, 0.25) is 10.0 Å². The molecule has 180 valence electrons. The van der Waals surface area contributed by atoms with E-state index in [4.69, 9.17) is 4.74 Å². The van der Waals surface area contributed by atoms with Crippen LogP contribution in [-0.4, -0.2) is 44.4 Å². The predicted molar refractivity (Wildman–Crippen MR) is 132 cm³/mol. The molecule has 3 aromatic carbocycles. The lowest BCUT2D eigenvalue weighted by molar-refractivity contribution is 0.0977. The summed E-state index contributed by atoms with van der Waals surface area (Å²) in [6.07, 6.45) is 3.68. The van der Waals surface area contributed by atoms with Crippen molar-refractivity contribution >= 4 is 33.0 Å². The van der Waals surface area contributed by atoms with Gasteiger partial charge in [0.25, 0.3) is 0 Å². The maximum atomic E-state index is 13.6. The fourth-order valence-electron chi connectivity index (χ4n) is 4.70. The number of fused-ring (bicyclic) bond motifs is 2. The van der Waals surface area contributed by atoms with E-state index in [1.54, 1.807) is 42.5 Å². The Bertz CT molecular complexity index is 1440. The molecule has 0 amide bonds. The summed E-state index contributed by atoms with van der Waals surface area (Å²) in [7, 11) is -3.90. The summed E-state index contributed by atoms with van der Waals surface area (Å²) in [6.45, 7) is 1.16. The number of hydrogen-bond acceptors (Lipinski definition) is 7. The van der Waals surface area contributed by atoms with Crippen LogP contribution in [0.25, 0.3) is 0 Å². The first-order chi connectivity index (χ1) is 16.8. The zero-order chi connectivity index (χ0) is 24.7.